The van der Waals surface area contributed by atoms with E-state index in [4.69, 9.17) is 0 Å². The lowest BCUT2D eigenvalue weighted by Gasteiger charge is -2.28. The van der Waals surface area contributed by atoms with Gasteiger partial charge in [-0.1, -0.05) is 18.2 Å². The van der Waals surface area contributed by atoms with Crippen LogP contribution in [0.15, 0.2) is 11.4 Å². The minimum Gasteiger partial charge on any atom is -0.353 e. The number of carbonyl (C=O) groups excluding carboxylic acids is 1. The molecular weight excluding hydrogens is 362 g/mol. The monoisotopic (exact) mass is 387 g/mol. The summed E-state index contributed by atoms with van der Waals surface area (Å²) in [6.45, 7) is 2.20. The van der Waals surface area contributed by atoms with Gasteiger partial charge in [-0.2, -0.15) is 0 Å². The Morgan fingerprint density at radius 1 is 1.35 bits per heavy atom. The number of thioether (sulfide) groups is 1. The van der Waals surface area contributed by atoms with E-state index in [1.165, 1.54) is 54.4 Å². The van der Waals surface area contributed by atoms with Gasteiger partial charge in [-0.3, -0.25) is 4.79 Å². The summed E-state index contributed by atoms with van der Waals surface area (Å²) in [7, 11) is 0. The first-order valence-corrected chi connectivity index (χ1v) is 11.7. The highest BCUT2D eigenvalue weighted by atomic mass is 32.2. The predicted octanol–water partition coefficient (Wildman–Crippen LogP) is 4.21. The van der Waals surface area contributed by atoms with E-state index >= 15 is 0 Å². The van der Waals surface area contributed by atoms with E-state index in [1.54, 1.807) is 29.4 Å². The number of nitrogens with one attached hydrogen (secondary N) is 1. The van der Waals surface area contributed by atoms with Crippen LogP contribution >= 0.6 is 23.1 Å². The number of hydrogen-bond acceptors (Lipinski definition) is 5. The van der Waals surface area contributed by atoms with Gasteiger partial charge in [-0.25, -0.2) is 9.97 Å². The van der Waals surface area contributed by atoms with Gasteiger partial charge >= 0.3 is 0 Å². The third kappa shape index (κ3) is 2.95. The molecule has 0 unspecified atom stereocenters. The highest BCUT2D eigenvalue weighted by Gasteiger charge is 2.42. The molecule has 2 aromatic rings. The Morgan fingerprint density at radius 2 is 2.27 bits per heavy atom. The number of fused-ring (bicyclic) bond motifs is 5. The SMILES string of the molecule is C[C@H](NC(=O)CSc1ncnc2sc3c(c12)CCC3)[C@@H]1C[C@H]2CC[C@@H]1C2. The summed E-state index contributed by atoms with van der Waals surface area (Å²) in [6.07, 6.45) is 10.7. The molecular formula is C20H25N3OS2. The van der Waals surface area contributed by atoms with E-state index in [-0.39, 0.29) is 5.91 Å². The van der Waals surface area contributed by atoms with Gasteiger partial charge in [-0.15, -0.1) is 11.3 Å². The number of hydrogen-bond donors (Lipinski definition) is 1. The summed E-state index contributed by atoms with van der Waals surface area (Å²) < 4.78 is 0. The van der Waals surface area contributed by atoms with Crippen LogP contribution in [0.1, 0.15) is 49.5 Å². The van der Waals surface area contributed by atoms with Crippen LogP contribution in [0.4, 0.5) is 0 Å². The Kier molecular flexibility index (Phi) is 4.44. The molecule has 2 bridgehead atoms. The van der Waals surface area contributed by atoms with E-state index in [1.807, 2.05) is 0 Å². The lowest BCUT2D eigenvalue weighted by molar-refractivity contribution is -0.119. The molecule has 6 heteroatoms. The minimum atomic E-state index is 0.143. The maximum atomic E-state index is 12.5. The Bertz CT molecular complexity index is 849. The topological polar surface area (TPSA) is 54.9 Å². The lowest BCUT2D eigenvalue weighted by Crippen LogP contribution is -2.40. The number of amides is 1. The Balaban J connectivity index is 1.24. The van der Waals surface area contributed by atoms with Crippen molar-refractivity contribution in [1.82, 2.24) is 15.3 Å². The van der Waals surface area contributed by atoms with Crippen molar-refractivity contribution in [2.75, 3.05) is 5.75 Å². The molecule has 2 heterocycles. The molecule has 26 heavy (non-hydrogen) atoms. The largest absolute Gasteiger partial charge is 0.353 e. The van der Waals surface area contributed by atoms with Crippen molar-refractivity contribution in [2.24, 2.45) is 17.8 Å². The van der Waals surface area contributed by atoms with E-state index in [0.717, 1.165) is 28.1 Å². The molecule has 0 aromatic carbocycles. The zero-order chi connectivity index (χ0) is 17.7. The molecule has 2 aromatic heterocycles. The second kappa shape index (κ2) is 6.79. The molecule has 3 aliphatic rings. The first kappa shape index (κ1) is 17.0. The first-order valence-electron chi connectivity index (χ1n) is 9.86. The van der Waals surface area contributed by atoms with Crippen molar-refractivity contribution < 1.29 is 4.79 Å². The summed E-state index contributed by atoms with van der Waals surface area (Å²) in [5.74, 6) is 3.05. The second-order valence-corrected chi connectivity index (χ2v) is 10.2. The third-order valence-corrected chi connectivity index (χ3v) is 8.82. The van der Waals surface area contributed by atoms with Crippen LogP contribution in [0.2, 0.25) is 0 Å². The van der Waals surface area contributed by atoms with Crippen LogP contribution in [-0.2, 0) is 17.6 Å². The molecule has 0 saturated heterocycles. The number of rotatable bonds is 5. The van der Waals surface area contributed by atoms with Gasteiger partial charge in [0, 0.05) is 16.3 Å². The number of thiophene rings is 1. The normalized spacial score (nSPS) is 27.8. The van der Waals surface area contributed by atoms with E-state index in [2.05, 4.69) is 22.2 Å². The van der Waals surface area contributed by atoms with Gasteiger partial charge in [0.05, 0.1) is 5.75 Å². The standard InChI is InChI=1S/C20H25N3OS2/c1-11(15-8-12-5-6-13(15)7-12)23-17(24)9-25-19-18-14-3-2-4-16(14)26-20(18)22-10-21-19/h10-13,15H,2-9H2,1H3,(H,23,24)/t11-,12-,13+,15-/m0/s1. The average Bonchev–Trinajstić information content (AvgIpc) is 3.39. The Hall–Kier alpha value is -1.14. The minimum absolute atomic E-state index is 0.143. The van der Waals surface area contributed by atoms with Gasteiger partial charge in [0.2, 0.25) is 5.91 Å². The summed E-state index contributed by atoms with van der Waals surface area (Å²) >= 11 is 3.38. The second-order valence-electron chi connectivity index (χ2n) is 8.20. The maximum absolute atomic E-state index is 12.5. The smallest absolute Gasteiger partial charge is 0.230 e. The van der Waals surface area contributed by atoms with Crippen molar-refractivity contribution in [3.05, 3.63) is 16.8 Å². The van der Waals surface area contributed by atoms with Crippen LogP contribution in [0.3, 0.4) is 0 Å². The van der Waals surface area contributed by atoms with Crippen molar-refractivity contribution in [3.63, 3.8) is 0 Å². The van der Waals surface area contributed by atoms with Crippen LogP contribution in [0.25, 0.3) is 10.2 Å². The molecule has 138 valence electrons. The maximum Gasteiger partial charge on any atom is 0.230 e. The van der Waals surface area contributed by atoms with Crippen LogP contribution < -0.4 is 5.32 Å². The van der Waals surface area contributed by atoms with Crippen molar-refractivity contribution in [1.29, 1.82) is 0 Å². The summed E-state index contributed by atoms with van der Waals surface area (Å²) in [6, 6.07) is 0.300. The summed E-state index contributed by atoms with van der Waals surface area (Å²) in [5.41, 5.74) is 1.43. The number of aryl methyl sites for hydroxylation is 2. The lowest BCUT2D eigenvalue weighted by atomic mass is 9.84. The molecule has 4 nitrogen and oxygen atoms in total. The van der Waals surface area contributed by atoms with Crippen LogP contribution in [0.5, 0.6) is 0 Å². The summed E-state index contributed by atoms with van der Waals surface area (Å²) in [5, 5.41) is 5.47. The third-order valence-electron chi connectivity index (χ3n) is 6.63. The fourth-order valence-corrected chi connectivity index (χ4v) is 7.58. The van der Waals surface area contributed by atoms with Crippen molar-refractivity contribution >= 4 is 39.2 Å². The molecule has 2 saturated carbocycles. The van der Waals surface area contributed by atoms with E-state index in [0.29, 0.717) is 17.7 Å². The Morgan fingerprint density at radius 3 is 3.08 bits per heavy atom. The van der Waals surface area contributed by atoms with Gasteiger partial charge < -0.3 is 5.32 Å². The quantitative estimate of drug-likeness (QED) is 0.617. The molecule has 0 spiro atoms. The molecule has 0 radical (unpaired) electrons. The highest BCUT2D eigenvalue weighted by molar-refractivity contribution is 8.00. The zero-order valence-corrected chi connectivity index (χ0v) is 16.8. The van der Waals surface area contributed by atoms with E-state index < -0.39 is 0 Å². The fourth-order valence-electron chi connectivity index (χ4n) is 5.45. The van der Waals surface area contributed by atoms with Gasteiger partial charge in [0.1, 0.15) is 16.2 Å². The molecule has 3 aliphatic carbocycles. The number of aromatic nitrogens is 2. The molecule has 2 fully saturated rings. The molecule has 0 aliphatic heterocycles. The van der Waals surface area contributed by atoms with Gasteiger partial charge in [-0.05, 0) is 68.8 Å². The predicted molar refractivity (Wildman–Crippen MR) is 107 cm³/mol. The molecule has 1 N–H and O–H groups in total. The fraction of sp³-hybridized carbons (Fsp3) is 0.650. The zero-order valence-electron chi connectivity index (χ0n) is 15.2. The molecule has 5 rings (SSSR count). The van der Waals surface area contributed by atoms with Crippen LogP contribution in [0, 0.1) is 17.8 Å². The summed E-state index contributed by atoms with van der Waals surface area (Å²) in [4.78, 5) is 24.0. The molecule has 4 atom stereocenters. The van der Waals surface area contributed by atoms with Crippen molar-refractivity contribution in [3.8, 4) is 0 Å². The number of nitrogens with zero attached hydrogens (tertiary/aromatic N) is 2. The van der Waals surface area contributed by atoms with Crippen molar-refractivity contribution in [2.45, 2.75) is 62.9 Å². The van der Waals surface area contributed by atoms with Gasteiger partial charge in [0.15, 0.2) is 0 Å². The Labute approximate surface area is 162 Å². The van der Waals surface area contributed by atoms with Crippen LogP contribution in [-0.4, -0.2) is 27.7 Å². The van der Waals surface area contributed by atoms with E-state index in [9.17, 15) is 4.79 Å². The number of carbonyl (C=O) groups is 1. The highest BCUT2D eigenvalue weighted by Crippen LogP contribution is 2.49. The average molecular weight is 388 g/mol. The first-order chi connectivity index (χ1) is 12.7. The van der Waals surface area contributed by atoms with Gasteiger partial charge in [0.25, 0.3) is 0 Å². The molecule has 1 amide bonds.